The Hall–Kier alpha value is -8.40. The highest BCUT2D eigenvalue weighted by Gasteiger charge is 2.38. The van der Waals surface area contributed by atoms with Crippen LogP contribution in [-0.4, -0.2) is 160 Å². The molecule has 1 aromatic carbocycles. The lowest BCUT2D eigenvalue weighted by Crippen LogP contribution is -2.60. The summed E-state index contributed by atoms with van der Waals surface area (Å²) >= 11 is 0. The maximum absolute atomic E-state index is 14.4. The molecule has 8 atom stereocenters. The number of rotatable bonds is 25. The number of carbonyl (C=O) groups excluding carboxylic acids is 12. The summed E-state index contributed by atoms with van der Waals surface area (Å²) in [5, 5.41) is 49.4. The Kier molecular flexibility index (Phi) is 31.3. The van der Waals surface area contributed by atoms with E-state index in [4.69, 9.17) is 16.2 Å². The number of amides is 11. The Morgan fingerprint density at radius 2 is 1.02 bits per heavy atom. The fourth-order valence-electron chi connectivity index (χ4n) is 8.36. The largest absolute Gasteiger partial charge is 0.508 e. The lowest BCUT2D eigenvalue weighted by Gasteiger charge is -2.30. The molecule has 1 aromatic rings. The number of carboxylic acid groups (broad SMARTS) is 2. The van der Waals surface area contributed by atoms with Crippen molar-refractivity contribution in [3.63, 3.8) is 0 Å². The molecule has 456 valence electrons. The Balaban J connectivity index is 2.69. The molecule has 1 aliphatic heterocycles. The predicted molar refractivity (Wildman–Crippen MR) is 290 cm³/mol. The van der Waals surface area contributed by atoms with Crippen LogP contribution in [0.25, 0.3) is 0 Å². The zero-order valence-corrected chi connectivity index (χ0v) is 46.8. The van der Waals surface area contributed by atoms with Crippen LogP contribution < -0.4 is 59.3 Å². The van der Waals surface area contributed by atoms with Gasteiger partial charge in [-0.1, -0.05) is 97.1 Å². The zero-order chi connectivity index (χ0) is 61.5. The molecule has 1 heterocycles. The normalized spacial score (nSPS) is 22.4. The number of benzene rings is 1. The first-order valence-corrected chi connectivity index (χ1v) is 27.3. The van der Waals surface area contributed by atoms with Gasteiger partial charge in [0, 0.05) is 19.3 Å². The highest BCUT2D eigenvalue weighted by molar-refractivity contribution is 6.00. The molecule has 82 heavy (non-hydrogen) atoms. The van der Waals surface area contributed by atoms with Gasteiger partial charge in [0.15, 0.2) is 0 Å². The van der Waals surface area contributed by atoms with Crippen LogP contribution in [0.5, 0.6) is 5.75 Å². The van der Waals surface area contributed by atoms with E-state index in [0.717, 1.165) is 38.5 Å². The topological polar surface area (TPSA) is 469 Å². The van der Waals surface area contributed by atoms with Gasteiger partial charge in [0.1, 0.15) is 54.1 Å². The average Bonchev–Trinajstić information content (AvgIpc) is 3.49. The first kappa shape index (κ1) is 69.7. The Morgan fingerprint density at radius 3 is 1.50 bits per heavy atom. The molecule has 29 nitrogen and oxygen atoms in total. The summed E-state index contributed by atoms with van der Waals surface area (Å²) in [5.74, 6) is -18.0. The molecule has 16 N–H and O–H groups in total. The number of nitrogens with two attached hydrogens (primary N) is 2. The summed E-state index contributed by atoms with van der Waals surface area (Å²) in [6, 6.07) is -7.29. The van der Waals surface area contributed by atoms with Gasteiger partial charge in [-0.15, -0.1) is 0 Å². The second-order valence-corrected chi connectivity index (χ2v) is 20.3. The fraction of sp³-hybridized carbons (Fsp3) is 0.623. The minimum Gasteiger partial charge on any atom is -0.508 e. The van der Waals surface area contributed by atoms with E-state index in [-0.39, 0.29) is 18.6 Å². The molecular weight excluding hydrogens is 1080 g/mol. The number of esters is 1. The molecule has 0 bridgehead atoms. The summed E-state index contributed by atoms with van der Waals surface area (Å²) in [5.41, 5.74) is 11.0. The molecule has 29 heteroatoms. The lowest BCUT2D eigenvalue weighted by atomic mass is 10.0. The Bertz CT molecular complexity index is 2400. The summed E-state index contributed by atoms with van der Waals surface area (Å²) in [4.78, 5) is 185. The zero-order valence-electron chi connectivity index (χ0n) is 46.8. The molecular formula is C53H81N11O18. The minimum absolute atomic E-state index is 0.0958. The van der Waals surface area contributed by atoms with E-state index < -0.39 is 182 Å². The summed E-state index contributed by atoms with van der Waals surface area (Å²) in [7, 11) is 0. The van der Waals surface area contributed by atoms with Gasteiger partial charge in [-0.3, -0.25) is 62.3 Å². The first-order chi connectivity index (χ1) is 38.7. The SMILES string of the molecule is CCCCCCCCCCCCCC(=O)N[C@@H]1C(=O)N[C@H](CCC(N)=O)C(=O)N[C@@H](CC(=O)O)C(=O)NCC(=O)N[C@@H](CC(N)=O)C(=O)N[C@@H](CC(=O)O)C(=O)NCC(=O)N[C@@H](Cc2ccc(O)cc2)C(=O)N[C@@H](C(C)C)C(=O)O[C@@H]1C. The molecule has 0 radical (unpaired) electrons. The minimum atomic E-state index is -2.02. The van der Waals surface area contributed by atoms with Crippen molar-refractivity contribution in [1.82, 2.24) is 47.9 Å². The Morgan fingerprint density at radius 1 is 0.573 bits per heavy atom. The van der Waals surface area contributed by atoms with Crippen molar-refractivity contribution in [2.75, 3.05) is 13.1 Å². The molecule has 2 rings (SSSR count). The second kappa shape index (κ2) is 36.8. The molecule has 0 aliphatic carbocycles. The number of aromatic hydroxyl groups is 1. The number of unbranched alkanes of at least 4 members (excludes halogenated alkanes) is 10. The number of hydrogen-bond acceptors (Lipinski definition) is 16. The molecule has 0 saturated carbocycles. The number of carboxylic acids is 2. The molecule has 1 fully saturated rings. The molecule has 0 spiro atoms. The van der Waals surface area contributed by atoms with Gasteiger partial charge in [0.2, 0.25) is 65.0 Å². The van der Waals surface area contributed by atoms with E-state index in [1.165, 1.54) is 64.3 Å². The van der Waals surface area contributed by atoms with Gasteiger partial charge in [0.05, 0.1) is 32.4 Å². The van der Waals surface area contributed by atoms with Crippen LogP contribution in [-0.2, 0) is 78.3 Å². The standard InChI is InChI=1S/C53H81N11O18/c1-5-6-7-8-9-10-11-12-13-14-15-16-40(68)63-46-30(4)82-53(81)45(29(2)3)64-51(79)34(23-31-17-19-32(65)20-18-31)58-41(69)27-56-48(76)37(26-44(73)74)62-50(78)35(24-39(55)67)59-42(70)28-57-47(75)36(25-43(71)72)61-49(77)33(60-52(46)80)21-22-38(54)66/h17-20,29-30,33-37,45-46,65H,5-16,21-28H2,1-4H3,(H2,54,66)(H2,55,67)(H,56,76)(H,57,75)(H,58,69)(H,59,70)(H,60,80)(H,61,77)(H,62,78)(H,63,68)(H,64,79)(H,71,72)(H,73,74)/t30-,33-,34+,35+,36+,37+,45+,46+/m1/s1. The van der Waals surface area contributed by atoms with Gasteiger partial charge in [-0.2, -0.15) is 0 Å². The van der Waals surface area contributed by atoms with Crippen molar-refractivity contribution in [1.29, 1.82) is 0 Å². The van der Waals surface area contributed by atoms with Crippen molar-refractivity contribution >= 4 is 82.9 Å². The van der Waals surface area contributed by atoms with Crippen LogP contribution >= 0.6 is 0 Å². The van der Waals surface area contributed by atoms with Gasteiger partial charge in [0.25, 0.3) is 0 Å². The van der Waals surface area contributed by atoms with Crippen LogP contribution in [0.15, 0.2) is 24.3 Å². The maximum atomic E-state index is 14.4. The summed E-state index contributed by atoms with van der Waals surface area (Å²) in [6.45, 7) is 4.35. The first-order valence-electron chi connectivity index (χ1n) is 27.3. The van der Waals surface area contributed by atoms with Crippen LogP contribution in [0.2, 0.25) is 0 Å². The van der Waals surface area contributed by atoms with Crippen molar-refractivity contribution in [3.8, 4) is 5.75 Å². The van der Waals surface area contributed by atoms with Crippen molar-refractivity contribution in [2.45, 2.75) is 192 Å². The maximum Gasteiger partial charge on any atom is 0.329 e. The van der Waals surface area contributed by atoms with Crippen LogP contribution in [0.4, 0.5) is 0 Å². The van der Waals surface area contributed by atoms with Crippen molar-refractivity contribution < 1.29 is 87.2 Å². The number of cyclic esters (lactones) is 1. The molecule has 1 aliphatic rings. The van der Waals surface area contributed by atoms with Crippen LogP contribution in [0, 0.1) is 5.92 Å². The second-order valence-electron chi connectivity index (χ2n) is 20.3. The van der Waals surface area contributed by atoms with Crippen LogP contribution in [0.1, 0.15) is 142 Å². The monoisotopic (exact) mass is 1160 g/mol. The average molecular weight is 1160 g/mol. The van der Waals surface area contributed by atoms with Gasteiger partial charge < -0.3 is 79.4 Å². The summed E-state index contributed by atoms with van der Waals surface area (Å²) in [6.07, 6.45) is 4.38. The third-order valence-electron chi connectivity index (χ3n) is 12.9. The van der Waals surface area contributed by atoms with E-state index in [9.17, 15) is 82.4 Å². The predicted octanol–water partition coefficient (Wildman–Crippen LogP) is -2.05. The van der Waals surface area contributed by atoms with Crippen molar-refractivity contribution in [2.24, 2.45) is 17.4 Å². The number of aliphatic carboxylic acids is 2. The molecule has 0 unspecified atom stereocenters. The molecule has 1 saturated heterocycles. The number of ether oxygens (including phenoxy) is 1. The van der Waals surface area contributed by atoms with Crippen LogP contribution in [0.3, 0.4) is 0 Å². The van der Waals surface area contributed by atoms with E-state index in [0.29, 0.717) is 18.4 Å². The lowest BCUT2D eigenvalue weighted by molar-refractivity contribution is -0.157. The van der Waals surface area contributed by atoms with E-state index >= 15 is 0 Å². The fourth-order valence-corrected chi connectivity index (χ4v) is 8.36. The van der Waals surface area contributed by atoms with Gasteiger partial charge in [-0.05, 0) is 43.4 Å². The Labute approximate surface area is 474 Å². The number of primary amides is 2. The van der Waals surface area contributed by atoms with Gasteiger partial charge in [-0.25, -0.2) is 4.79 Å². The van der Waals surface area contributed by atoms with Gasteiger partial charge >= 0.3 is 17.9 Å². The number of nitrogens with one attached hydrogen (secondary N) is 9. The smallest absolute Gasteiger partial charge is 0.329 e. The molecule has 11 amide bonds. The highest BCUT2D eigenvalue weighted by Crippen LogP contribution is 2.16. The quantitative estimate of drug-likeness (QED) is 0.0370. The van der Waals surface area contributed by atoms with Crippen molar-refractivity contribution in [3.05, 3.63) is 29.8 Å². The number of hydrogen-bond donors (Lipinski definition) is 14. The third-order valence-corrected chi connectivity index (χ3v) is 12.9. The number of carbonyl (C=O) groups is 14. The number of phenolic OH excluding ortho intramolecular Hbond substituents is 1. The number of phenols is 1. The van der Waals surface area contributed by atoms with E-state index in [1.807, 2.05) is 5.32 Å². The van der Waals surface area contributed by atoms with E-state index in [1.54, 1.807) is 0 Å². The third kappa shape index (κ3) is 27.7. The molecule has 0 aromatic heterocycles. The van der Waals surface area contributed by atoms with E-state index in [2.05, 4.69) is 49.5 Å². The highest BCUT2D eigenvalue weighted by atomic mass is 16.5. The summed E-state index contributed by atoms with van der Waals surface area (Å²) < 4.78 is 5.75.